The van der Waals surface area contributed by atoms with Gasteiger partial charge >= 0.3 is 0 Å². The topological polar surface area (TPSA) is 7.12 Å². The molecule has 0 bridgehead atoms. The minimum absolute atomic E-state index is 1.24. The van der Waals surface area contributed by atoms with Crippen molar-refractivity contribution >= 4 is 34.4 Å². The Balaban J connectivity index is 1.68. The van der Waals surface area contributed by atoms with Crippen LogP contribution >= 0.6 is 11.8 Å². The monoisotopic (exact) mass is 381 g/mol. The molecule has 0 spiro atoms. The molecule has 4 aromatic rings. The third kappa shape index (κ3) is 2.79. The minimum Gasteiger partial charge on any atom is -0.338 e. The van der Waals surface area contributed by atoms with Gasteiger partial charge in [0.25, 0.3) is 0 Å². The van der Waals surface area contributed by atoms with Crippen LogP contribution in [0.25, 0.3) is 28.1 Å². The van der Waals surface area contributed by atoms with Crippen molar-refractivity contribution in [2.24, 2.45) is 7.05 Å². The zero-order valence-electron chi connectivity index (χ0n) is 16.0. The summed E-state index contributed by atoms with van der Waals surface area (Å²) in [6.45, 7) is 0. The molecular formula is C25H21N2S+. The maximum atomic E-state index is 2.31. The maximum Gasteiger partial charge on any atom is 0.220 e. The summed E-state index contributed by atoms with van der Waals surface area (Å²) >= 11 is 1.83. The van der Waals surface area contributed by atoms with E-state index in [0.29, 0.717) is 0 Å². The Morgan fingerprint density at radius 1 is 0.857 bits per heavy atom. The fraction of sp³-hybridized carbons (Fsp3) is 0.0800. The average Bonchev–Trinajstić information content (AvgIpc) is 3.06. The highest BCUT2D eigenvalue weighted by molar-refractivity contribution is 8.03. The summed E-state index contributed by atoms with van der Waals surface area (Å²) in [5, 5.41) is 2.52. The lowest BCUT2D eigenvalue weighted by molar-refractivity contribution is -0.644. The SMILES string of the molecule is CN1/C(=C/c2cc[n+](C)c3c(-c4ccccc4)cccc23)Sc2ccccc21. The molecule has 0 atom stereocenters. The van der Waals surface area contributed by atoms with E-state index >= 15 is 0 Å². The molecular weight excluding hydrogens is 360 g/mol. The zero-order valence-corrected chi connectivity index (χ0v) is 16.8. The Labute approximate surface area is 169 Å². The van der Waals surface area contributed by atoms with Crippen LogP contribution in [-0.4, -0.2) is 7.05 Å². The summed E-state index contributed by atoms with van der Waals surface area (Å²) in [6.07, 6.45) is 4.47. The number of aromatic nitrogens is 1. The van der Waals surface area contributed by atoms with Crippen LogP contribution in [0.1, 0.15) is 5.56 Å². The van der Waals surface area contributed by atoms with E-state index in [1.807, 2.05) is 11.8 Å². The molecule has 5 rings (SSSR count). The number of hydrogen-bond acceptors (Lipinski definition) is 2. The van der Waals surface area contributed by atoms with E-state index in [-0.39, 0.29) is 0 Å². The number of thioether (sulfide) groups is 1. The summed E-state index contributed by atoms with van der Waals surface area (Å²) in [5.74, 6) is 0. The molecule has 0 N–H and O–H groups in total. The first-order valence-corrected chi connectivity index (χ1v) is 10.2. The molecule has 2 heterocycles. The first-order chi connectivity index (χ1) is 13.7. The van der Waals surface area contributed by atoms with E-state index in [9.17, 15) is 0 Å². The van der Waals surface area contributed by atoms with Gasteiger partial charge in [0.05, 0.1) is 21.7 Å². The standard InChI is InChI=1S/C25H21N2S/c1-26-16-15-19(17-24-27(2)22-13-6-7-14-23(22)28-24)21-12-8-11-20(25(21)26)18-9-4-3-5-10-18/h3-17H,1-2H3/q+1. The van der Waals surface area contributed by atoms with Gasteiger partial charge in [0.15, 0.2) is 6.20 Å². The van der Waals surface area contributed by atoms with Crippen molar-refractivity contribution < 1.29 is 4.57 Å². The number of rotatable bonds is 2. The third-order valence-electron chi connectivity index (χ3n) is 5.31. The van der Waals surface area contributed by atoms with Crippen molar-refractivity contribution in [2.45, 2.75) is 4.90 Å². The molecule has 1 aromatic heterocycles. The summed E-state index contributed by atoms with van der Waals surface area (Å²) < 4.78 is 2.22. The highest BCUT2D eigenvalue weighted by Gasteiger charge is 2.22. The maximum absolute atomic E-state index is 2.31. The van der Waals surface area contributed by atoms with Crippen molar-refractivity contribution in [1.29, 1.82) is 0 Å². The quantitative estimate of drug-likeness (QED) is 0.401. The molecule has 3 heteroatoms. The van der Waals surface area contributed by atoms with E-state index in [0.717, 1.165) is 0 Å². The predicted molar refractivity (Wildman–Crippen MR) is 119 cm³/mol. The van der Waals surface area contributed by atoms with Gasteiger partial charge < -0.3 is 4.90 Å². The van der Waals surface area contributed by atoms with Crippen LogP contribution in [0.5, 0.6) is 0 Å². The number of anilines is 1. The van der Waals surface area contributed by atoms with Crippen LogP contribution < -0.4 is 9.47 Å². The molecule has 0 fully saturated rings. The van der Waals surface area contributed by atoms with Gasteiger partial charge in [0, 0.05) is 18.0 Å². The lowest BCUT2D eigenvalue weighted by Gasteiger charge is -2.14. The highest BCUT2D eigenvalue weighted by Crippen LogP contribution is 2.45. The van der Waals surface area contributed by atoms with Crippen LogP contribution in [0.3, 0.4) is 0 Å². The summed E-state index contributed by atoms with van der Waals surface area (Å²) in [4.78, 5) is 3.59. The molecule has 0 unspecified atom stereocenters. The number of hydrogen-bond donors (Lipinski definition) is 0. The molecule has 0 radical (unpaired) electrons. The second-order valence-electron chi connectivity index (χ2n) is 7.06. The predicted octanol–water partition coefficient (Wildman–Crippen LogP) is 5.87. The van der Waals surface area contributed by atoms with E-state index < -0.39 is 0 Å². The second-order valence-corrected chi connectivity index (χ2v) is 8.12. The van der Waals surface area contributed by atoms with Gasteiger partial charge in [0.2, 0.25) is 5.52 Å². The van der Waals surface area contributed by atoms with Gasteiger partial charge in [-0.05, 0) is 41.5 Å². The van der Waals surface area contributed by atoms with Gasteiger partial charge in [-0.3, -0.25) is 0 Å². The molecule has 0 aliphatic carbocycles. The number of aryl methyl sites for hydroxylation is 1. The number of benzene rings is 3. The van der Waals surface area contributed by atoms with E-state index in [2.05, 4.69) is 115 Å². The molecule has 0 amide bonds. The Hall–Kier alpha value is -3.04. The average molecular weight is 382 g/mol. The number of fused-ring (bicyclic) bond motifs is 2. The fourth-order valence-corrected chi connectivity index (χ4v) is 4.97. The van der Waals surface area contributed by atoms with Crippen LogP contribution in [0.4, 0.5) is 5.69 Å². The van der Waals surface area contributed by atoms with Crippen molar-refractivity contribution in [3.63, 3.8) is 0 Å². The molecule has 3 aromatic carbocycles. The van der Waals surface area contributed by atoms with Gasteiger partial charge in [-0.1, -0.05) is 60.3 Å². The Morgan fingerprint density at radius 3 is 2.46 bits per heavy atom. The molecule has 1 aliphatic heterocycles. The Bertz CT molecular complexity index is 1210. The van der Waals surface area contributed by atoms with Crippen LogP contribution in [0.2, 0.25) is 0 Å². The largest absolute Gasteiger partial charge is 0.338 e. The second kappa shape index (κ2) is 6.84. The van der Waals surface area contributed by atoms with Gasteiger partial charge in [-0.15, -0.1) is 0 Å². The lowest BCUT2D eigenvalue weighted by Crippen LogP contribution is -2.29. The molecule has 2 nitrogen and oxygen atoms in total. The van der Waals surface area contributed by atoms with Gasteiger partial charge in [0.1, 0.15) is 7.05 Å². The lowest BCUT2D eigenvalue weighted by atomic mass is 9.99. The van der Waals surface area contributed by atoms with E-state index in [1.165, 1.54) is 43.2 Å². The summed E-state index contributed by atoms with van der Waals surface area (Å²) in [7, 11) is 4.27. The molecule has 0 saturated heterocycles. The van der Waals surface area contributed by atoms with Crippen molar-refractivity contribution in [2.75, 3.05) is 11.9 Å². The van der Waals surface area contributed by atoms with E-state index in [4.69, 9.17) is 0 Å². The molecule has 28 heavy (non-hydrogen) atoms. The van der Waals surface area contributed by atoms with E-state index in [1.54, 1.807) is 0 Å². The first-order valence-electron chi connectivity index (χ1n) is 9.41. The molecule has 0 saturated carbocycles. The van der Waals surface area contributed by atoms with Gasteiger partial charge in [-0.2, -0.15) is 0 Å². The van der Waals surface area contributed by atoms with Crippen LogP contribution in [-0.2, 0) is 7.05 Å². The zero-order chi connectivity index (χ0) is 19.1. The number of para-hydroxylation sites is 2. The van der Waals surface area contributed by atoms with Crippen molar-refractivity contribution in [1.82, 2.24) is 0 Å². The molecule has 136 valence electrons. The molecule has 1 aliphatic rings. The smallest absolute Gasteiger partial charge is 0.220 e. The number of nitrogens with zero attached hydrogens (tertiary/aromatic N) is 2. The summed E-state index contributed by atoms with van der Waals surface area (Å²) in [6, 6.07) is 28.0. The Morgan fingerprint density at radius 2 is 1.64 bits per heavy atom. The number of pyridine rings is 1. The highest BCUT2D eigenvalue weighted by atomic mass is 32.2. The summed E-state index contributed by atoms with van der Waals surface area (Å²) in [5.41, 5.74) is 6.28. The minimum atomic E-state index is 1.24. The Kier molecular flexibility index (Phi) is 4.18. The van der Waals surface area contributed by atoms with Gasteiger partial charge in [-0.25, -0.2) is 4.57 Å². The van der Waals surface area contributed by atoms with Crippen molar-refractivity contribution in [3.05, 3.63) is 95.7 Å². The normalized spacial score (nSPS) is 14.6. The van der Waals surface area contributed by atoms with Crippen molar-refractivity contribution in [3.8, 4) is 11.1 Å². The van der Waals surface area contributed by atoms with Crippen LogP contribution in [0, 0.1) is 0 Å². The first kappa shape index (κ1) is 17.1. The third-order valence-corrected chi connectivity index (χ3v) is 6.48. The van der Waals surface area contributed by atoms with Crippen LogP contribution in [0.15, 0.2) is 95.0 Å². The fourth-order valence-electron chi connectivity index (χ4n) is 3.87.